The Labute approximate surface area is 141 Å². The van der Waals surface area contributed by atoms with Gasteiger partial charge in [0.25, 0.3) is 16.0 Å². The van der Waals surface area contributed by atoms with Gasteiger partial charge in [0, 0.05) is 18.2 Å². The molecule has 0 aliphatic rings. The maximum atomic E-state index is 12.3. The van der Waals surface area contributed by atoms with Crippen molar-refractivity contribution in [2.75, 3.05) is 5.32 Å². The lowest BCUT2D eigenvalue weighted by atomic mass is 10.1. The minimum Gasteiger partial charge on any atom is -0.408 e. The van der Waals surface area contributed by atoms with Gasteiger partial charge in [0.1, 0.15) is 0 Å². The van der Waals surface area contributed by atoms with Crippen molar-refractivity contribution in [3.05, 3.63) is 64.3 Å². The Bertz CT molecular complexity index is 1130. The number of fused-ring (bicyclic) bond motifs is 1. The van der Waals surface area contributed by atoms with Gasteiger partial charge in [0.15, 0.2) is 5.89 Å². The minimum absolute atomic E-state index is 0.181. The van der Waals surface area contributed by atoms with Crippen LogP contribution in [0.3, 0.4) is 0 Å². The number of aromatic nitrogens is 1. The second-order valence-corrected chi connectivity index (χ2v) is 6.63. The van der Waals surface area contributed by atoms with E-state index in [1.165, 1.54) is 30.3 Å². The Morgan fingerprint density at radius 3 is 2.48 bits per heavy atom. The van der Waals surface area contributed by atoms with Gasteiger partial charge < -0.3 is 9.73 Å². The number of carbonyl (C=O) groups excluding carboxylic acids is 1. The highest BCUT2D eigenvalue weighted by Gasteiger charge is 2.12. The van der Waals surface area contributed by atoms with Crippen LogP contribution in [0.1, 0.15) is 16.2 Å². The predicted molar refractivity (Wildman–Crippen MR) is 89.2 cm³/mol. The Balaban J connectivity index is 1.88. The third kappa shape index (κ3) is 3.57. The fraction of sp³-hybridized carbons (Fsp3) is 0.0625. The molecule has 2 aromatic carbocycles. The topological polar surface area (TPSA) is 127 Å². The Kier molecular flexibility index (Phi) is 4.11. The van der Waals surface area contributed by atoms with E-state index < -0.39 is 21.7 Å². The van der Waals surface area contributed by atoms with Crippen LogP contribution in [-0.4, -0.2) is 23.9 Å². The Morgan fingerprint density at radius 2 is 1.84 bits per heavy atom. The number of benzene rings is 2. The summed E-state index contributed by atoms with van der Waals surface area (Å²) in [6.45, 7) is 1.55. The number of hydrogen-bond acceptors (Lipinski definition) is 6. The lowest BCUT2D eigenvalue weighted by molar-refractivity contribution is 0.102. The largest absolute Gasteiger partial charge is 0.408 e. The van der Waals surface area contributed by atoms with Crippen molar-refractivity contribution in [2.24, 2.45) is 0 Å². The van der Waals surface area contributed by atoms with E-state index in [-0.39, 0.29) is 21.7 Å². The molecule has 0 radical (unpaired) electrons. The normalized spacial score (nSPS) is 11.4. The molecule has 1 aromatic heterocycles. The average Bonchev–Trinajstić information content (AvgIpc) is 2.54. The van der Waals surface area contributed by atoms with Gasteiger partial charge in [0.2, 0.25) is 0 Å². The highest BCUT2D eigenvalue weighted by Crippen LogP contribution is 2.16. The molecule has 0 fully saturated rings. The predicted octanol–water partition coefficient (Wildman–Crippen LogP) is 2.00. The molecule has 0 saturated heterocycles. The van der Waals surface area contributed by atoms with Crippen LogP contribution in [0, 0.1) is 6.92 Å². The average molecular weight is 360 g/mol. The molecule has 0 atom stereocenters. The lowest BCUT2D eigenvalue weighted by Gasteiger charge is -2.06. The van der Waals surface area contributed by atoms with Gasteiger partial charge in [-0.25, -0.2) is 9.78 Å². The molecule has 0 saturated carbocycles. The highest BCUT2D eigenvalue weighted by molar-refractivity contribution is 7.85. The van der Waals surface area contributed by atoms with Crippen molar-refractivity contribution in [1.29, 1.82) is 0 Å². The maximum absolute atomic E-state index is 12.3. The summed E-state index contributed by atoms with van der Waals surface area (Å²) in [4.78, 5) is 27.9. The van der Waals surface area contributed by atoms with E-state index in [1.807, 2.05) is 0 Å². The molecule has 8 nitrogen and oxygen atoms in total. The van der Waals surface area contributed by atoms with E-state index in [0.717, 1.165) is 12.1 Å². The molecule has 0 bridgehead atoms. The summed E-state index contributed by atoms with van der Waals surface area (Å²) in [6, 6.07) is 9.41. The molecule has 0 aliphatic heterocycles. The standard InChI is InChI=1S/C16H12N2O6S/c1-9-17-14-7-2-10(8-13(14)16(20)24-9)15(19)18-11-3-5-12(6-4-11)25(21,22)23/h2-8H,1H3,(H,18,19)(H,21,22,23). The fourth-order valence-electron chi connectivity index (χ4n) is 2.23. The second-order valence-electron chi connectivity index (χ2n) is 5.21. The quantitative estimate of drug-likeness (QED) is 0.684. The number of aryl methyl sites for hydroxylation is 1. The van der Waals surface area contributed by atoms with Crippen molar-refractivity contribution < 1.29 is 22.2 Å². The molecule has 1 amide bonds. The first-order valence-corrected chi connectivity index (χ1v) is 8.48. The third-order valence-electron chi connectivity index (χ3n) is 3.41. The van der Waals surface area contributed by atoms with Crippen molar-refractivity contribution in [3.63, 3.8) is 0 Å². The number of anilines is 1. The number of rotatable bonds is 3. The van der Waals surface area contributed by atoms with Crippen molar-refractivity contribution >= 4 is 32.6 Å². The summed E-state index contributed by atoms with van der Waals surface area (Å²) in [5.74, 6) is -0.268. The molecule has 9 heteroatoms. The first-order chi connectivity index (χ1) is 11.7. The molecule has 3 aromatic rings. The molecular formula is C16H12N2O6S. The zero-order valence-corrected chi connectivity index (χ0v) is 13.7. The van der Waals surface area contributed by atoms with Crippen molar-refractivity contribution in [1.82, 2.24) is 4.98 Å². The molecule has 0 unspecified atom stereocenters. The molecule has 0 spiro atoms. The first kappa shape index (κ1) is 16.8. The number of carbonyl (C=O) groups is 1. The lowest BCUT2D eigenvalue weighted by Crippen LogP contribution is -2.13. The zero-order chi connectivity index (χ0) is 18.2. The van der Waals surface area contributed by atoms with E-state index >= 15 is 0 Å². The first-order valence-electron chi connectivity index (χ1n) is 7.04. The van der Waals surface area contributed by atoms with Gasteiger partial charge in [-0.1, -0.05) is 0 Å². The van der Waals surface area contributed by atoms with Crippen LogP contribution in [0.25, 0.3) is 10.9 Å². The van der Waals surface area contributed by atoms with Crippen LogP contribution in [0.2, 0.25) is 0 Å². The SMILES string of the molecule is Cc1nc2ccc(C(=O)Nc3ccc(S(=O)(=O)O)cc3)cc2c(=O)o1. The van der Waals surface area contributed by atoms with Crippen LogP contribution in [-0.2, 0) is 10.1 Å². The molecular weight excluding hydrogens is 348 g/mol. The van der Waals surface area contributed by atoms with Gasteiger partial charge in [0.05, 0.1) is 15.8 Å². The fourth-order valence-corrected chi connectivity index (χ4v) is 2.71. The monoisotopic (exact) mass is 360 g/mol. The number of nitrogens with one attached hydrogen (secondary N) is 1. The van der Waals surface area contributed by atoms with E-state index in [0.29, 0.717) is 11.2 Å². The van der Waals surface area contributed by atoms with E-state index in [1.54, 1.807) is 6.92 Å². The highest BCUT2D eigenvalue weighted by atomic mass is 32.2. The van der Waals surface area contributed by atoms with E-state index in [2.05, 4.69) is 10.3 Å². The van der Waals surface area contributed by atoms with E-state index in [9.17, 15) is 18.0 Å². The summed E-state index contributed by atoms with van der Waals surface area (Å²) < 4.78 is 35.8. The maximum Gasteiger partial charge on any atom is 0.346 e. The van der Waals surface area contributed by atoms with Crippen LogP contribution in [0.15, 0.2) is 56.6 Å². The number of amides is 1. The van der Waals surface area contributed by atoms with Crippen molar-refractivity contribution in [2.45, 2.75) is 11.8 Å². The molecule has 128 valence electrons. The molecule has 3 rings (SSSR count). The zero-order valence-electron chi connectivity index (χ0n) is 12.9. The summed E-state index contributed by atoms with van der Waals surface area (Å²) in [7, 11) is -4.30. The summed E-state index contributed by atoms with van der Waals surface area (Å²) in [6.07, 6.45) is 0. The van der Waals surface area contributed by atoms with E-state index in [4.69, 9.17) is 8.97 Å². The third-order valence-corrected chi connectivity index (χ3v) is 4.27. The minimum atomic E-state index is -4.30. The Morgan fingerprint density at radius 1 is 1.16 bits per heavy atom. The van der Waals surface area contributed by atoms with Gasteiger partial charge in [-0.3, -0.25) is 9.35 Å². The molecule has 25 heavy (non-hydrogen) atoms. The summed E-state index contributed by atoms with van der Waals surface area (Å²) in [5, 5.41) is 2.74. The van der Waals surface area contributed by atoms with Crippen molar-refractivity contribution in [3.8, 4) is 0 Å². The summed E-state index contributed by atoms with van der Waals surface area (Å²) in [5.41, 5.74) is 0.369. The van der Waals surface area contributed by atoms with Crippen LogP contribution >= 0.6 is 0 Å². The molecule has 0 aliphatic carbocycles. The molecule has 2 N–H and O–H groups in total. The van der Waals surface area contributed by atoms with Crippen LogP contribution in [0.5, 0.6) is 0 Å². The van der Waals surface area contributed by atoms with Gasteiger partial charge >= 0.3 is 5.63 Å². The van der Waals surface area contributed by atoms with Gasteiger partial charge in [-0.15, -0.1) is 0 Å². The van der Waals surface area contributed by atoms with Gasteiger partial charge in [-0.2, -0.15) is 8.42 Å². The van der Waals surface area contributed by atoms with Gasteiger partial charge in [-0.05, 0) is 42.5 Å². The van der Waals surface area contributed by atoms with Crippen LogP contribution in [0.4, 0.5) is 5.69 Å². The number of nitrogens with zero attached hydrogens (tertiary/aromatic N) is 1. The number of hydrogen-bond donors (Lipinski definition) is 2. The molecule has 1 heterocycles. The second kappa shape index (κ2) is 6.11. The summed E-state index contributed by atoms with van der Waals surface area (Å²) >= 11 is 0. The Hall–Kier alpha value is -3.04. The smallest absolute Gasteiger partial charge is 0.346 e. The van der Waals surface area contributed by atoms with Crippen LogP contribution < -0.4 is 10.9 Å².